The van der Waals surface area contributed by atoms with Gasteiger partial charge in [-0.05, 0) is 18.8 Å². The number of hydrogen-bond acceptors (Lipinski definition) is 4. The molecule has 0 aromatic heterocycles. The molecule has 5 nitrogen and oxygen atoms in total. The second kappa shape index (κ2) is 10.1. The zero-order chi connectivity index (χ0) is 16.5. The fraction of sp³-hybridized carbons (Fsp3) is 0.941. The number of hydrogen-bond donors (Lipinski definition) is 0. The normalized spacial score (nSPS) is 16.8. The molecule has 0 atom stereocenters. The molecule has 1 rings (SSSR count). The van der Waals surface area contributed by atoms with Gasteiger partial charge >= 0.3 is 6.09 Å². The van der Waals surface area contributed by atoms with Crippen LogP contribution < -0.4 is 0 Å². The Balaban J connectivity index is 2.31. The van der Waals surface area contributed by atoms with E-state index in [9.17, 15) is 4.79 Å². The number of carbonyl (C=O) groups excluding carboxylic acids is 1. The first-order chi connectivity index (χ1) is 10.4. The van der Waals surface area contributed by atoms with Crippen LogP contribution in [0.5, 0.6) is 0 Å². The van der Waals surface area contributed by atoms with Crippen LogP contribution in [-0.4, -0.2) is 79.8 Å². The van der Waals surface area contributed by atoms with Crippen molar-refractivity contribution in [2.24, 2.45) is 11.8 Å². The predicted molar refractivity (Wildman–Crippen MR) is 91.2 cm³/mol. The van der Waals surface area contributed by atoms with Gasteiger partial charge in [-0.15, -0.1) is 0 Å². The van der Waals surface area contributed by atoms with Gasteiger partial charge in [-0.1, -0.05) is 27.7 Å². The topological polar surface area (TPSA) is 36.0 Å². The van der Waals surface area contributed by atoms with Gasteiger partial charge < -0.3 is 14.5 Å². The van der Waals surface area contributed by atoms with E-state index in [1.165, 1.54) is 13.1 Å². The van der Waals surface area contributed by atoms with E-state index < -0.39 is 0 Å². The highest BCUT2D eigenvalue weighted by Crippen LogP contribution is 2.07. The van der Waals surface area contributed by atoms with Crippen molar-refractivity contribution in [3.05, 3.63) is 0 Å². The van der Waals surface area contributed by atoms with Crippen molar-refractivity contribution in [1.29, 1.82) is 0 Å². The Bertz CT molecular complexity index is 303. The summed E-state index contributed by atoms with van der Waals surface area (Å²) in [6.45, 7) is 19.5. The van der Waals surface area contributed by atoms with Crippen LogP contribution in [-0.2, 0) is 4.74 Å². The molecule has 5 heteroatoms. The maximum atomic E-state index is 11.7. The van der Waals surface area contributed by atoms with E-state index in [0.29, 0.717) is 18.4 Å². The minimum atomic E-state index is -0.164. The third-order valence-corrected chi connectivity index (χ3v) is 3.88. The maximum absolute atomic E-state index is 11.7. The fourth-order valence-corrected chi connectivity index (χ4v) is 2.94. The summed E-state index contributed by atoms with van der Waals surface area (Å²) in [5, 5.41) is 0. The van der Waals surface area contributed by atoms with Gasteiger partial charge in [-0.25, -0.2) is 4.79 Å². The van der Waals surface area contributed by atoms with Gasteiger partial charge in [0.2, 0.25) is 0 Å². The largest absolute Gasteiger partial charge is 0.450 e. The molecule has 0 aromatic rings. The van der Waals surface area contributed by atoms with E-state index in [4.69, 9.17) is 4.74 Å². The smallest absolute Gasteiger partial charge is 0.409 e. The summed E-state index contributed by atoms with van der Waals surface area (Å²) in [4.78, 5) is 18.5. The molecule has 0 aliphatic carbocycles. The van der Waals surface area contributed by atoms with E-state index in [1.807, 2.05) is 11.8 Å². The second-order valence-corrected chi connectivity index (χ2v) is 7.07. The molecule has 0 bridgehead atoms. The van der Waals surface area contributed by atoms with Gasteiger partial charge in [0.05, 0.1) is 6.61 Å². The molecule has 1 amide bonds. The van der Waals surface area contributed by atoms with E-state index >= 15 is 0 Å². The standard InChI is InChI=1S/C17H35N3O2/c1-6-22-17(21)20-11-9-18(10-12-20)7-8-19(13-15(2)3)14-16(4)5/h15-16H,6-14H2,1-5H3. The van der Waals surface area contributed by atoms with Crippen molar-refractivity contribution in [3.8, 4) is 0 Å². The summed E-state index contributed by atoms with van der Waals surface area (Å²) in [7, 11) is 0. The van der Waals surface area contributed by atoms with E-state index in [-0.39, 0.29) is 6.09 Å². The number of piperazine rings is 1. The Morgan fingerprint density at radius 1 is 1.05 bits per heavy atom. The molecule has 1 heterocycles. The Morgan fingerprint density at radius 3 is 2.05 bits per heavy atom. The van der Waals surface area contributed by atoms with Crippen molar-refractivity contribution < 1.29 is 9.53 Å². The van der Waals surface area contributed by atoms with Crippen molar-refractivity contribution in [3.63, 3.8) is 0 Å². The molecule has 1 aliphatic heterocycles. The molecule has 0 unspecified atom stereocenters. The van der Waals surface area contributed by atoms with Crippen LogP contribution in [0.2, 0.25) is 0 Å². The average Bonchev–Trinajstić information content (AvgIpc) is 2.44. The molecule has 1 fully saturated rings. The van der Waals surface area contributed by atoms with E-state index in [0.717, 1.165) is 39.3 Å². The van der Waals surface area contributed by atoms with Crippen molar-refractivity contribution in [2.45, 2.75) is 34.6 Å². The van der Waals surface area contributed by atoms with Crippen molar-refractivity contribution >= 4 is 6.09 Å². The Hall–Kier alpha value is -0.810. The lowest BCUT2D eigenvalue weighted by atomic mass is 10.1. The molecule has 0 aromatic carbocycles. The summed E-state index contributed by atoms with van der Waals surface area (Å²) in [6.07, 6.45) is -0.164. The number of rotatable bonds is 8. The lowest BCUT2D eigenvalue weighted by molar-refractivity contribution is 0.0750. The Kier molecular flexibility index (Phi) is 8.79. The van der Waals surface area contributed by atoms with Gasteiger partial charge in [0.1, 0.15) is 0 Å². The Morgan fingerprint density at radius 2 is 1.59 bits per heavy atom. The van der Waals surface area contributed by atoms with Crippen LogP contribution in [0.4, 0.5) is 4.79 Å². The molecule has 1 aliphatic rings. The monoisotopic (exact) mass is 313 g/mol. The molecular weight excluding hydrogens is 278 g/mol. The lowest BCUT2D eigenvalue weighted by Gasteiger charge is -2.35. The number of ether oxygens (including phenoxy) is 1. The molecular formula is C17H35N3O2. The minimum absolute atomic E-state index is 0.164. The average molecular weight is 313 g/mol. The summed E-state index contributed by atoms with van der Waals surface area (Å²) >= 11 is 0. The van der Waals surface area contributed by atoms with E-state index in [2.05, 4.69) is 37.5 Å². The SMILES string of the molecule is CCOC(=O)N1CCN(CCN(CC(C)C)CC(C)C)CC1. The maximum Gasteiger partial charge on any atom is 0.409 e. The summed E-state index contributed by atoms with van der Waals surface area (Å²) in [5.74, 6) is 1.42. The summed E-state index contributed by atoms with van der Waals surface area (Å²) in [6, 6.07) is 0. The highest BCUT2D eigenvalue weighted by molar-refractivity contribution is 5.67. The fourth-order valence-electron chi connectivity index (χ4n) is 2.94. The number of carbonyl (C=O) groups is 1. The van der Waals surface area contributed by atoms with Gasteiger partial charge in [-0.3, -0.25) is 4.90 Å². The highest BCUT2D eigenvalue weighted by Gasteiger charge is 2.22. The summed E-state index contributed by atoms with van der Waals surface area (Å²) < 4.78 is 5.06. The third kappa shape index (κ3) is 7.45. The van der Waals surface area contributed by atoms with Crippen LogP contribution in [0.25, 0.3) is 0 Å². The van der Waals surface area contributed by atoms with Gasteiger partial charge in [-0.2, -0.15) is 0 Å². The molecule has 130 valence electrons. The quantitative estimate of drug-likeness (QED) is 0.689. The molecule has 1 saturated heterocycles. The number of amides is 1. The molecule has 0 radical (unpaired) electrons. The molecule has 22 heavy (non-hydrogen) atoms. The lowest BCUT2D eigenvalue weighted by Crippen LogP contribution is -2.50. The third-order valence-electron chi connectivity index (χ3n) is 3.88. The highest BCUT2D eigenvalue weighted by atomic mass is 16.6. The Labute approximate surface area is 136 Å². The van der Waals surface area contributed by atoms with Gasteiger partial charge in [0.15, 0.2) is 0 Å². The van der Waals surface area contributed by atoms with E-state index in [1.54, 1.807) is 0 Å². The number of nitrogens with zero attached hydrogens (tertiary/aromatic N) is 3. The van der Waals surface area contributed by atoms with Crippen molar-refractivity contribution in [1.82, 2.24) is 14.7 Å². The molecule has 0 spiro atoms. The van der Waals surface area contributed by atoms with Crippen LogP contribution in [0.15, 0.2) is 0 Å². The zero-order valence-corrected chi connectivity index (χ0v) is 15.2. The van der Waals surface area contributed by atoms with Gasteiger partial charge in [0, 0.05) is 52.4 Å². The van der Waals surface area contributed by atoms with Crippen molar-refractivity contribution in [2.75, 3.05) is 59.0 Å². The van der Waals surface area contributed by atoms with Crippen LogP contribution in [0.3, 0.4) is 0 Å². The molecule has 0 saturated carbocycles. The molecule has 0 N–H and O–H groups in total. The zero-order valence-electron chi connectivity index (χ0n) is 15.2. The van der Waals surface area contributed by atoms with Crippen LogP contribution >= 0.6 is 0 Å². The first-order valence-electron chi connectivity index (χ1n) is 8.78. The van der Waals surface area contributed by atoms with Gasteiger partial charge in [0.25, 0.3) is 0 Å². The second-order valence-electron chi connectivity index (χ2n) is 7.07. The first kappa shape index (κ1) is 19.2. The first-order valence-corrected chi connectivity index (χ1v) is 8.78. The van der Waals surface area contributed by atoms with Crippen LogP contribution in [0, 0.1) is 11.8 Å². The summed E-state index contributed by atoms with van der Waals surface area (Å²) in [5.41, 5.74) is 0. The predicted octanol–water partition coefficient (Wildman–Crippen LogP) is 2.37. The minimum Gasteiger partial charge on any atom is -0.450 e. The van der Waals surface area contributed by atoms with Crippen LogP contribution in [0.1, 0.15) is 34.6 Å².